The van der Waals surface area contributed by atoms with Crippen molar-refractivity contribution >= 4 is 23.8 Å². The molecule has 0 aromatic heterocycles. The Kier molecular flexibility index (Phi) is 8.72. The maximum Gasteiger partial charge on any atom is 0.408 e. The van der Waals surface area contributed by atoms with E-state index < -0.39 is 12.1 Å². The Morgan fingerprint density at radius 1 is 1.29 bits per heavy atom. The summed E-state index contributed by atoms with van der Waals surface area (Å²) in [6.45, 7) is 3.94. The fourth-order valence-corrected chi connectivity index (χ4v) is 2.42. The van der Waals surface area contributed by atoms with Gasteiger partial charge < -0.3 is 15.4 Å². The second-order valence-electron chi connectivity index (χ2n) is 5.63. The lowest BCUT2D eigenvalue weighted by atomic mass is 10.0. The van der Waals surface area contributed by atoms with Crippen LogP contribution in [0.25, 0.3) is 0 Å². The van der Waals surface area contributed by atoms with Gasteiger partial charge in [-0.25, -0.2) is 4.79 Å². The molecule has 1 aromatic rings. The Balaban J connectivity index is 2.53. The van der Waals surface area contributed by atoms with Crippen molar-refractivity contribution < 1.29 is 14.3 Å². The summed E-state index contributed by atoms with van der Waals surface area (Å²) < 4.78 is 5.17. The number of benzene rings is 1. The van der Waals surface area contributed by atoms with Crippen LogP contribution in [-0.2, 0) is 16.1 Å². The highest BCUT2D eigenvalue weighted by atomic mass is 32.2. The molecule has 1 rings (SSSR count). The third-order valence-electron chi connectivity index (χ3n) is 3.19. The SMILES string of the molecule is CSc1ccc(COC(=O)N[C@@H](CC(C)C)C(=O)NCC#N)cc1. The molecule has 0 saturated heterocycles. The van der Waals surface area contributed by atoms with Crippen molar-refractivity contribution in [3.8, 4) is 6.07 Å². The van der Waals surface area contributed by atoms with Gasteiger partial charge in [0.25, 0.3) is 0 Å². The lowest BCUT2D eigenvalue weighted by Gasteiger charge is -2.19. The van der Waals surface area contributed by atoms with E-state index in [-0.39, 0.29) is 25.0 Å². The van der Waals surface area contributed by atoms with E-state index in [2.05, 4.69) is 10.6 Å². The minimum absolute atomic E-state index is 0.0913. The molecule has 0 fully saturated rings. The van der Waals surface area contributed by atoms with Gasteiger partial charge >= 0.3 is 6.09 Å². The molecular weight excluding hydrogens is 326 g/mol. The highest BCUT2D eigenvalue weighted by molar-refractivity contribution is 7.98. The van der Waals surface area contributed by atoms with Gasteiger partial charge in [0.05, 0.1) is 6.07 Å². The number of nitriles is 1. The maximum absolute atomic E-state index is 12.0. The van der Waals surface area contributed by atoms with Crippen LogP contribution < -0.4 is 10.6 Å². The quantitative estimate of drug-likeness (QED) is 0.556. The summed E-state index contributed by atoms with van der Waals surface area (Å²) in [6.07, 6.45) is 1.81. The smallest absolute Gasteiger partial charge is 0.408 e. The molecule has 0 radical (unpaired) electrons. The normalized spacial score (nSPS) is 11.5. The Morgan fingerprint density at radius 3 is 2.50 bits per heavy atom. The first kappa shape index (κ1) is 19.8. The summed E-state index contributed by atoms with van der Waals surface area (Å²) in [4.78, 5) is 25.0. The lowest BCUT2D eigenvalue weighted by molar-refractivity contribution is -0.123. The summed E-state index contributed by atoms with van der Waals surface area (Å²) in [6, 6.07) is 8.82. The van der Waals surface area contributed by atoms with Gasteiger partial charge in [-0.1, -0.05) is 26.0 Å². The molecule has 0 saturated carbocycles. The molecule has 7 heteroatoms. The molecule has 0 spiro atoms. The highest BCUT2D eigenvalue weighted by Gasteiger charge is 2.22. The molecule has 130 valence electrons. The molecule has 1 aromatic carbocycles. The third-order valence-corrected chi connectivity index (χ3v) is 3.93. The monoisotopic (exact) mass is 349 g/mol. The summed E-state index contributed by atoms with van der Waals surface area (Å²) in [5.74, 6) is -0.172. The number of nitrogens with zero attached hydrogens (tertiary/aromatic N) is 1. The molecule has 0 bridgehead atoms. The van der Waals surface area contributed by atoms with Crippen molar-refractivity contribution in [2.75, 3.05) is 12.8 Å². The first-order chi connectivity index (χ1) is 11.5. The van der Waals surface area contributed by atoms with Gasteiger partial charge in [-0.15, -0.1) is 11.8 Å². The fourth-order valence-electron chi connectivity index (χ4n) is 2.01. The number of thioether (sulfide) groups is 1. The molecule has 2 amide bonds. The van der Waals surface area contributed by atoms with Gasteiger partial charge in [0.15, 0.2) is 0 Å². The zero-order valence-corrected chi connectivity index (χ0v) is 15.0. The van der Waals surface area contributed by atoms with E-state index in [0.29, 0.717) is 6.42 Å². The van der Waals surface area contributed by atoms with Crippen molar-refractivity contribution in [3.05, 3.63) is 29.8 Å². The first-order valence-electron chi connectivity index (χ1n) is 7.67. The standard InChI is InChI=1S/C17H23N3O3S/c1-12(2)10-15(16(21)19-9-8-18)20-17(22)23-11-13-4-6-14(24-3)7-5-13/h4-7,12,15H,9-11H2,1-3H3,(H,19,21)(H,20,22)/t15-/m0/s1. The second-order valence-corrected chi connectivity index (χ2v) is 6.51. The molecule has 0 heterocycles. The third kappa shape index (κ3) is 7.38. The van der Waals surface area contributed by atoms with E-state index in [1.165, 1.54) is 0 Å². The van der Waals surface area contributed by atoms with Gasteiger partial charge in [-0.05, 0) is 36.3 Å². The zero-order chi connectivity index (χ0) is 17.9. The number of hydrogen-bond donors (Lipinski definition) is 2. The molecule has 24 heavy (non-hydrogen) atoms. The second kappa shape index (κ2) is 10.6. The number of alkyl carbamates (subject to hydrolysis) is 1. The van der Waals surface area contributed by atoms with E-state index in [0.717, 1.165) is 10.5 Å². The minimum Gasteiger partial charge on any atom is -0.445 e. The topological polar surface area (TPSA) is 91.2 Å². The Hall–Kier alpha value is -2.20. The number of amides is 2. The largest absolute Gasteiger partial charge is 0.445 e. The van der Waals surface area contributed by atoms with E-state index >= 15 is 0 Å². The van der Waals surface area contributed by atoms with Crippen molar-refractivity contribution in [1.29, 1.82) is 5.26 Å². The summed E-state index contributed by atoms with van der Waals surface area (Å²) in [5, 5.41) is 13.6. The molecule has 6 nitrogen and oxygen atoms in total. The lowest BCUT2D eigenvalue weighted by Crippen LogP contribution is -2.47. The summed E-state index contributed by atoms with van der Waals surface area (Å²) >= 11 is 1.64. The molecule has 0 aliphatic heterocycles. The number of carbonyl (C=O) groups excluding carboxylic acids is 2. The highest BCUT2D eigenvalue weighted by Crippen LogP contribution is 2.15. The van der Waals surface area contributed by atoms with Gasteiger partial charge in [0.2, 0.25) is 5.91 Å². The number of rotatable bonds is 8. The van der Waals surface area contributed by atoms with Gasteiger partial charge in [-0.2, -0.15) is 5.26 Å². The first-order valence-corrected chi connectivity index (χ1v) is 8.89. The summed E-state index contributed by atoms with van der Waals surface area (Å²) in [5.41, 5.74) is 0.872. The molecule has 2 N–H and O–H groups in total. The number of nitrogens with one attached hydrogen (secondary N) is 2. The van der Waals surface area contributed by atoms with Crippen molar-refractivity contribution in [2.45, 2.75) is 37.8 Å². The average Bonchev–Trinajstić information content (AvgIpc) is 2.57. The average molecular weight is 349 g/mol. The number of hydrogen-bond acceptors (Lipinski definition) is 5. The fraction of sp³-hybridized carbons (Fsp3) is 0.471. The van der Waals surface area contributed by atoms with Crippen molar-refractivity contribution in [1.82, 2.24) is 10.6 Å². The van der Waals surface area contributed by atoms with Gasteiger partial charge in [-0.3, -0.25) is 4.79 Å². The van der Waals surface area contributed by atoms with Crippen LogP contribution in [-0.4, -0.2) is 30.8 Å². The van der Waals surface area contributed by atoms with Gasteiger partial charge in [0.1, 0.15) is 19.2 Å². The van der Waals surface area contributed by atoms with E-state index in [1.807, 2.05) is 50.4 Å². The maximum atomic E-state index is 12.0. The van der Waals surface area contributed by atoms with Crippen LogP contribution in [0.4, 0.5) is 4.79 Å². The van der Waals surface area contributed by atoms with E-state index in [4.69, 9.17) is 10.00 Å². The molecular formula is C17H23N3O3S. The Bertz CT molecular complexity index is 582. The van der Waals surface area contributed by atoms with E-state index in [1.54, 1.807) is 11.8 Å². The van der Waals surface area contributed by atoms with Crippen molar-refractivity contribution in [3.63, 3.8) is 0 Å². The van der Waals surface area contributed by atoms with Crippen molar-refractivity contribution in [2.24, 2.45) is 5.92 Å². The molecule has 1 atom stereocenters. The molecule has 0 aliphatic carbocycles. The van der Waals surface area contributed by atoms with Crippen LogP contribution in [0.2, 0.25) is 0 Å². The van der Waals surface area contributed by atoms with Crippen LogP contribution in [0, 0.1) is 17.2 Å². The van der Waals surface area contributed by atoms with Crippen LogP contribution >= 0.6 is 11.8 Å². The van der Waals surface area contributed by atoms with Gasteiger partial charge in [0, 0.05) is 4.90 Å². The Morgan fingerprint density at radius 2 is 1.96 bits per heavy atom. The number of carbonyl (C=O) groups is 2. The van der Waals surface area contributed by atoms with Crippen LogP contribution in [0.3, 0.4) is 0 Å². The number of ether oxygens (including phenoxy) is 1. The van der Waals surface area contributed by atoms with Crippen LogP contribution in [0.15, 0.2) is 29.2 Å². The molecule has 0 unspecified atom stereocenters. The predicted octanol–water partition coefficient (Wildman–Crippen LogP) is 2.69. The summed E-state index contributed by atoms with van der Waals surface area (Å²) in [7, 11) is 0. The van der Waals surface area contributed by atoms with Crippen LogP contribution in [0.1, 0.15) is 25.8 Å². The predicted molar refractivity (Wildman–Crippen MR) is 93.4 cm³/mol. The Labute approximate surface area is 146 Å². The zero-order valence-electron chi connectivity index (χ0n) is 14.2. The van der Waals surface area contributed by atoms with E-state index in [9.17, 15) is 9.59 Å². The minimum atomic E-state index is -0.718. The van der Waals surface area contributed by atoms with Crippen LogP contribution in [0.5, 0.6) is 0 Å². The molecule has 0 aliphatic rings.